The van der Waals surface area contributed by atoms with Crippen LogP contribution in [0.3, 0.4) is 0 Å². The fourth-order valence-corrected chi connectivity index (χ4v) is 1.84. The zero-order chi connectivity index (χ0) is 17.2. The van der Waals surface area contributed by atoms with E-state index < -0.39 is 0 Å². The third kappa shape index (κ3) is 5.62. The zero-order valence-corrected chi connectivity index (χ0v) is 13.1. The van der Waals surface area contributed by atoms with Crippen molar-refractivity contribution in [1.82, 2.24) is 10.6 Å². The lowest BCUT2D eigenvalue weighted by Gasteiger charge is -2.06. The van der Waals surface area contributed by atoms with Crippen LogP contribution < -0.4 is 16.4 Å². The number of nitrogens with zero attached hydrogens (tertiary/aromatic N) is 2. The molecule has 124 valence electrons. The molecule has 0 aromatic heterocycles. The molecule has 0 aliphatic rings. The van der Waals surface area contributed by atoms with Crippen LogP contribution in [0.15, 0.2) is 64.8 Å². The number of amides is 2. The maximum Gasteiger partial charge on any atom is 0.251 e. The van der Waals surface area contributed by atoms with Gasteiger partial charge in [-0.2, -0.15) is 10.2 Å². The molecule has 2 rings (SSSR count). The lowest BCUT2D eigenvalue weighted by atomic mass is 10.2. The number of benzene rings is 2. The Morgan fingerprint density at radius 2 is 1.42 bits per heavy atom. The van der Waals surface area contributed by atoms with Gasteiger partial charge in [0.1, 0.15) is 0 Å². The van der Waals surface area contributed by atoms with Crippen LogP contribution in [0.2, 0.25) is 0 Å². The van der Waals surface area contributed by atoms with E-state index in [1.54, 1.807) is 24.3 Å². The Balaban J connectivity index is 1.84. The molecule has 2 amide bonds. The van der Waals surface area contributed by atoms with E-state index >= 15 is 0 Å². The molecule has 7 heteroatoms. The van der Waals surface area contributed by atoms with Gasteiger partial charge in [-0.1, -0.05) is 18.2 Å². The fraction of sp³-hybridized carbons (Fsp3) is 0.176. The van der Waals surface area contributed by atoms with Crippen LogP contribution in [0.25, 0.3) is 0 Å². The first kappa shape index (κ1) is 17.3. The fourth-order valence-electron chi connectivity index (χ4n) is 1.84. The number of nitrogens with one attached hydrogen (secondary N) is 2. The summed E-state index contributed by atoms with van der Waals surface area (Å²) in [6.07, 6.45) is 0. The molecule has 24 heavy (non-hydrogen) atoms. The molecule has 0 spiro atoms. The monoisotopic (exact) mass is 325 g/mol. The molecule has 0 aliphatic heterocycles. The first-order valence-corrected chi connectivity index (χ1v) is 7.51. The minimum atomic E-state index is -0.252. The Bertz CT molecular complexity index is 699. The topological polar surface area (TPSA) is 109 Å². The molecule has 0 atom stereocenters. The molecule has 2 aromatic carbocycles. The van der Waals surface area contributed by atoms with Crippen molar-refractivity contribution in [1.29, 1.82) is 0 Å². The van der Waals surface area contributed by atoms with Gasteiger partial charge >= 0.3 is 0 Å². The number of azo groups is 1. The second-order valence-electron chi connectivity index (χ2n) is 4.89. The number of rotatable bonds is 7. The number of hydrogen-bond acceptors (Lipinski definition) is 5. The number of hydrogen-bond donors (Lipinski definition) is 3. The quantitative estimate of drug-likeness (QED) is 0.534. The van der Waals surface area contributed by atoms with Gasteiger partial charge in [0.05, 0.1) is 17.9 Å². The van der Waals surface area contributed by atoms with Crippen LogP contribution in [0.5, 0.6) is 0 Å². The van der Waals surface area contributed by atoms with Gasteiger partial charge in [-0.25, -0.2) is 0 Å². The van der Waals surface area contributed by atoms with Crippen molar-refractivity contribution in [3.63, 3.8) is 0 Å². The summed E-state index contributed by atoms with van der Waals surface area (Å²) in [6.45, 7) is 0.609. The van der Waals surface area contributed by atoms with Gasteiger partial charge in [-0.05, 0) is 36.4 Å². The van der Waals surface area contributed by atoms with Crippen molar-refractivity contribution < 1.29 is 9.59 Å². The Labute approximate surface area is 140 Å². The van der Waals surface area contributed by atoms with Crippen LogP contribution in [0, 0.1) is 0 Å². The first-order valence-electron chi connectivity index (χ1n) is 7.51. The second kappa shape index (κ2) is 9.16. The van der Waals surface area contributed by atoms with Crippen molar-refractivity contribution in [2.75, 3.05) is 19.6 Å². The summed E-state index contributed by atoms with van der Waals surface area (Å²) < 4.78 is 0. The van der Waals surface area contributed by atoms with Gasteiger partial charge in [0.25, 0.3) is 5.91 Å². The van der Waals surface area contributed by atoms with Crippen LogP contribution in [0.1, 0.15) is 10.4 Å². The molecule has 4 N–H and O–H groups in total. The van der Waals surface area contributed by atoms with Crippen molar-refractivity contribution in [3.8, 4) is 0 Å². The first-order chi connectivity index (χ1) is 11.7. The number of carbonyl (C=O) groups excluding carboxylic acids is 2. The highest BCUT2D eigenvalue weighted by Gasteiger charge is 2.04. The normalized spacial score (nSPS) is 10.5. The van der Waals surface area contributed by atoms with E-state index in [0.717, 1.165) is 5.69 Å². The number of nitrogens with two attached hydrogens (primary N) is 1. The highest BCUT2D eigenvalue weighted by Crippen LogP contribution is 2.18. The highest BCUT2D eigenvalue weighted by atomic mass is 16.2. The van der Waals surface area contributed by atoms with E-state index in [2.05, 4.69) is 20.9 Å². The Hall–Kier alpha value is -3.06. The average Bonchev–Trinajstić information content (AvgIpc) is 2.64. The maximum absolute atomic E-state index is 11.9. The summed E-state index contributed by atoms with van der Waals surface area (Å²) in [5, 5.41) is 13.5. The molecule has 0 radical (unpaired) electrons. The standard InChI is InChI=1S/C17H19N5O2/c18-12-16(23)19-10-11-20-17(24)13-6-8-15(9-7-13)22-21-14-4-2-1-3-5-14/h1-9H,10-12,18H2,(H,19,23)(H,20,24). The molecular formula is C17H19N5O2. The molecular weight excluding hydrogens is 306 g/mol. The molecule has 0 unspecified atom stereocenters. The van der Waals surface area contributed by atoms with Gasteiger partial charge in [-0.3, -0.25) is 9.59 Å². The van der Waals surface area contributed by atoms with Gasteiger partial charge in [0.2, 0.25) is 5.91 Å². The third-order valence-corrected chi connectivity index (χ3v) is 3.08. The van der Waals surface area contributed by atoms with Gasteiger partial charge in [-0.15, -0.1) is 0 Å². The molecule has 0 bridgehead atoms. The summed E-state index contributed by atoms with van der Waals surface area (Å²) in [5.41, 5.74) is 7.10. The predicted octanol–water partition coefficient (Wildman–Crippen LogP) is 1.91. The van der Waals surface area contributed by atoms with Gasteiger partial charge in [0.15, 0.2) is 0 Å². The van der Waals surface area contributed by atoms with E-state index in [4.69, 9.17) is 5.73 Å². The third-order valence-electron chi connectivity index (χ3n) is 3.08. The minimum Gasteiger partial charge on any atom is -0.353 e. The Morgan fingerprint density at radius 1 is 0.833 bits per heavy atom. The summed E-state index contributed by atoms with van der Waals surface area (Å²) in [5.74, 6) is -0.471. The molecule has 0 fully saturated rings. The SMILES string of the molecule is NCC(=O)NCCNC(=O)c1ccc(N=Nc2ccccc2)cc1. The van der Waals surface area contributed by atoms with Crippen LogP contribution in [-0.4, -0.2) is 31.4 Å². The lowest BCUT2D eigenvalue weighted by molar-refractivity contribution is -0.119. The van der Waals surface area contributed by atoms with Crippen LogP contribution >= 0.6 is 0 Å². The maximum atomic E-state index is 11.9. The van der Waals surface area contributed by atoms with Gasteiger partial charge < -0.3 is 16.4 Å². The smallest absolute Gasteiger partial charge is 0.251 e. The minimum absolute atomic E-state index is 0.0626. The summed E-state index contributed by atoms with van der Waals surface area (Å²) in [4.78, 5) is 22.9. The molecule has 2 aromatic rings. The lowest BCUT2D eigenvalue weighted by Crippen LogP contribution is -2.37. The average molecular weight is 325 g/mol. The van der Waals surface area contributed by atoms with E-state index in [-0.39, 0.29) is 18.4 Å². The van der Waals surface area contributed by atoms with Gasteiger partial charge in [0, 0.05) is 18.7 Å². The predicted molar refractivity (Wildman–Crippen MR) is 91.5 cm³/mol. The zero-order valence-electron chi connectivity index (χ0n) is 13.1. The summed E-state index contributed by atoms with van der Waals surface area (Å²) >= 11 is 0. The largest absolute Gasteiger partial charge is 0.353 e. The molecule has 0 heterocycles. The molecule has 0 aliphatic carbocycles. The van der Waals surface area contributed by atoms with E-state index in [1.807, 2.05) is 30.3 Å². The highest BCUT2D eigenvalue weighted by molar-refractivity contribution is 5.94. The molecule has 7 nitrogen and oxygen atoms in total. The van der Waals surface area contributed by atoms with Crippen molar-refractivity contribution in [3.05, 3.63) is 60.2 Å². The molecule has 0 saturated heterocycles. The molecule has 0 saturated carbocycles. The van der Waals surface area contributed by atoms with Crippen molar-refractivity contribution in [2.24, 2.45) is 16.0 Å². The van der Waals surface area contributed by atoms with E-state index in [9.17, 15) is 9.59 Å². The van der Waals surface area contributed by atoms with Crippen molar-refractivity contribution >= 4 is 23.2 Å². The van der Waals surface area contributed by atoms with Crippen molar-refractivity contribution in [2.45, 2.75) is 0 Å². The summed E-state index contributed by atoms with van der Waals surface area (Å²) in [7, 11) is 0. The van der Waals surface area contributed by atoms with E-state index in [0.29, 0.717) is 24.3 Å². The Kier molecular flexibility index (Phi) is 6.60. The van der Waals surface area contributed by atoms with Crippen LogP contribution in [0.4, 0.5) is 11.4 Å². The Morgan fingerprint density at radius 3 is 2.04 bits per heavy atom. The summed E-state index contributed by atoms with van der Waals surface area (Å²) in [6, 6.07) is 16.2. The second-order valence-corrected chi connectivity index (χ2v) is 4.89. The van der Waals surface area contributed by atoms with E-state index in [1.165, 1.54) is 0 Å². The number of carbonyl (C=O) groups is 2. The van der Waals surface area contributed by atoms with Crippen LogP contribution in [-0.2, 0) is 4.79 Å².